The molecule has 1 unspecified atom stereocenters. The topological polar surface area (TPSA) is 153 Å². The van der Waals surface area contributed by atoms with Crippen LogP contribution in [-0.4, -0.2) is 116 Å². The van der Waals surface area contributed by atoms with Gasteiger partial charge in [0.15, 0.2) is 0 Å². The molecule has 1 saturated heterocycles. The molecular formula is C35H48N2O10. The van der Waals surface area contributed by atoms with Gasteiger partial charge in [-0.25, -0.2) is 4.79 Å². The molecule has 12 heteroatoms. The number of likely N-dealkylation sites (N-methyl/N-ethyl adjacent to an activating group) is 1. The summed E-state index contributed by atoms with van der Waals surface area (Å²) in [5, 5.41) is 29.3. The average Bonchev–Trinajstić information content (AvgIpc) is 3.42. The van der Waals surface area contributed by atoms with Gasteiger partial charge in [0.05, 0.1) is 42.2 Å². The van der Waals surface area contributed by atoms with E-state index in [0.29, 0.717) is 38.0 Å². The minimum Gasteiger partial charge on any atom is -0.462 e. The Hall–Kier alpha value is -2.61. The number of hydrogen-bond acceptors (Lipinski definition) is 11. The van der Waals surface area contributed by atoms with E-state index >= 15 is 0 Å². The summed E-state index contributed by atoms with van der Waals surface area (Å²) >= 11 is 0. The second-order valence-corrected chi connectivity index (χ2v) is 14.9. The molecule has 1 aromatic rings. The van der Waals surface area contributed by atoms with E-state index in [9.17, 15) is 24.6 Å². The summed E-state index contributed by atoms with van der Waals surface area (Å²) in [5.41, 5.74) is -4.23. The number of anilines is 1. The van der Waals surface area contributed by atoms with Crippen molar-refractivity contribution in [2.75, 3.05) is 46.3 Å². The maximum atomic E-state index is 13.7. The monoisotopic (exact) mass is 656 g/mol. The minimum atomic E-state index is -1.78. The number of nitrogens with zero attached hydrogens (tertiary/aromatic N) is 1. The van der Waals surface area contributed by atoms with Gasteiger partial charge in [-0.1, -0.05) is 19.1 Å². The lowest BCUT2D eigenvalue weighted by Gasteiger charge is -2.70. The van der Waals surface area contributed by atoms with Crippen LogP contribution >= 0.6 is 0 Å². The van der Waals surface area contributed by atoms with Crippen LogP contribution in [0.25, 0.3) is 0 Å². The molecule has 3 N–H and O–H groups in total. The zero-order chi connectivity index (χ0) is 33.7. The third-order valence-corrected chi connectivity index (χ3v) is 13.3. The highest BCUT2D eigenvalue weighted by molar-refractivity contribution is 6.00. The number of carbonyl (C=O) groups excluding carboxylic acids is 3. The number of aliphatic hydroxyl groups is 2. The Balaban J connectivity index is 1.37. The van der Waals surface area contributed by atoms with Gasteiger partial charge in [0.1, 0.15) is 17.3 Å². The van der Waals surface area contributed by atoms with Crippen molar-refractivity contribution in [1.82, 2.24) is 4.90 Å². The van der Waals surface area contributed by atoms with Gasteiger partial charge in [-0.05, 0) is 43.9 Å². The van der Waals surface area contributed by atoms with Crippen LogP contribution in [0.1, 0.15) is 56.8 Å². The molecule has 13 atom stereocenters. The molecule has 6 fully saturated rings. The average molecular weight is 657 g/mol. The number of rotatable bonds is 9. The number of esters is 2. The van der Waals surface area contributed by atoms with Crippen LogP contribution in [0.2, 0.25) is 0 Å². The van der Waals surface area contributed by atoms with Gasteiger partial charge in [-0.2, -0.15) is 0 Å². The van der Waals surface area contributed by atoms with E-state index in [4.69, 9.17) is 23.7 Å². The van der Waals surface area contributed by atoms with Gasteiger partial charge in [-0.15, -0.1) is 0 Å². The normalized spacial score (nSPS) is 45.7. The maximum absolute atomic E-state index is 13.7. The van der Waals surface area contributed by atoms with Crippen molar-refractivity contribution in [3.63, 3.8) is 0 Å². The van der Waals surface area contributed by atoms with E-state index in [1.54, 1.807) is 45.6 Å². The second-order valence-electron chi connectivity index (χ2n) is 14.9. The molecule has 258 valence electrons. The first kappa shape index (κ1) is 32.9. The predicted octanol–water partition coefficient (Wildman–Crippen LogP) is 2.01. The van der Waals surface area contributed by atoms with E-state index in [1.807, 2.05) is 6.92 Å². The highest BCUT2D eigenvalue weighted by Gasteiger charge is 2.92. The van der Waals surface area contributed by atoms with E-state index in [2.05, 4.69) is 10.2 Å². The smallest absolute Gasteiger partial charge is 0.340 e. The molecule has 0 radical (unpaired) electrons. The van der Waals surface area contributed by atoms with Crippen LogP contribution < -0.4 is 5.32 Å². The third kappa shape index (κ3) is 4.06. The molecule has 1 aromatic carbocycles. The zero-order valence-electron chi connectivity index (χ0n) is 28.1. The Morgan fingerprint density at radius 2 is 1.81 bits per heavy atom. The fourth-order valence-corrected chi connectivity index (χ4v) is 12.3. The number of amides is 1. The maximum Gasteiger partial charge on any atom is 0.340 e. The predicted molar refractivity (Wildman–Crippen MR) is 167 cm³/mol. The van der Waals surface area contributed by atoms with Gasteiger partial charge in [0.25, 0.3) is 0 Å². The van der Waals surface area contributed by atoms with Crippen molar-refractivity contribution in [3.05, 3.63) is 29.8 Å². The summed E-state index contributed by atoms with van der Waals surface area (Å²) in [6.07, 6.45) is -0.104. The van der Waals surface area contributed by atoms with Gasteiger partial charge in [0.2, 0.25) is 5.91 Å². The number of likely N-dealkylation sites (tertiary alicyclic amines) is 1. The standard InChI is InChI=1S/C35H48N2O10/c1-7-37-16-32(17-46-30(40)20-10-8-9-11-23(20)36-18(2)38)13-12-25(44-5)34-22-14-21-24(43-4)15-33(41,26(22)27(21)47-19(3)39)35(42,31(34)37)29(45-6)28(32)34/h8-11,21-22,24-29,31,41-42H,7,12-17H2,1-6H3,(H,36,38)/t21-,22-,24+,25-,26-,27+,28-,29+,31?,32+,33-,34+,35-/m1/s1. The fraction of sp³-hybridized carbons (Fsp3) is 0.743. The lowest BCUT2D eigenvalue weighted by atomic mass is 9.42. The Bertz CT molecular complexity index is 1460. The number of benzene rings is 1. The minimum absolute atomic E-state index is 0.0512. The summed E-state index contributed by atoms with van der Waals surface area (Å²) in [7, 11) is 4.89. The Morgan fingerprint density at radius 1 is 1.06 bits per heavy atom. The molecule has 0 aromatic heterocycles. The number of hydrogen-bond donors (Lipinski definition) is 3. The Kier molecular flexibility index (Phi) is 7.85. The number of piperidine rings is 1. The van der Waals surface area contributed by atoms with E-state index in [-0.39, 0.29) is 48.4 Å². The number of ether oxygens (including phenoxy) is 5. The molecule has 12 nitrogen and oxygen atoms in total. The molecule has 7 rings (SSSR count). The summed E-state index contributed by atoms with van der Waals surface area (Å²) in [6, 6.07) is 6.24. The molecule has 47 heavy (non-hydrogen) atoms. The molecule has 1 heterocycles. The van der Waals surface area contributed by atoms with Crippen LogP contribution in [0.5, 0.6) is 0 Å². The van der Waals surface area contributed by atoms with E-state index < -0.39 is 64.2 Å². The van der Waals surface area contributed by atoms with Crippen molar-refractivity contribution < 1.29 is 48.3 Å². The number of para-hydroxylation sites is 1. The van der Waals surface area contributed by atoms with Gasteiger partial charge >= 0.3 is 11.9 Å². The van der Waals surface area contributed by atoms with Crippen LogP contribution in [-0.2, 0) is 33.3 Å². The first-order chi connectivity index (χ1) is 22.4. The van der Waals surface area contributed by atoms with E-state index in [0.717, 1.165) is 0 Å². The molecule has 5 saturated carbocycles. The quantitative estimate of drug-likeness (QED) is 0.335. The summed E-state index contributed by atoms with van der Waals surface area (Å²) in [4.78, 5) is 40.4. The highest BCUT2D eigenvalue weighted by atomic mass is 16.6. The van der Waals surface area contributed by atoms with Gasteiger partial charge < -0.3 is 39.2 Å². The number of fused-ring (bicyclic) bond motifs is 2. The van der Waals surface area contributed by atoms with Crippen molar-refractivity contribution in [2.45, 2.75) is 88.1 Å². The summed E-state index contributed by atoms with van der Waals surface area (Å²) in [5.74, 6) is -2.57. The lowest BCUT2D eigenvalue weighted by Crippen LogP contribution is -2.82. The molecular weight excluding hydrogens is 608 g/mol. The first-order valence-electron chi connectivity index (χ1n) is 16.9. The van der Waals surface area contributed by atoms with E-state index in [1.165, 1.54) is 13.8 Å². The van der Waals surface area contributed by atoms with Crippen LogP contribution in [0.3, 0.4) is 0 Å². The third-order valence-electron chi connectivity index (χ3n) is 13.3. The molecule has 6 aliphatic rings. The van der Waals surface area contributed by atoms with Crippen molar-refractivity contribution in [3.8, 4) is 0 Å². The van der Waals surface area contributed by atoms with Crippen LogP contribution in [0, 0.1) is 34.5 Å². The van der Waals surface area contributed by atoms with Gasteiger partial charge in [0, 0.05) is 76.7 Å². The number of methoxy groups -OCH3 is 3. The second kappa shape index (κ2) is 11.2. The van der Waals surface area contributed by atoms with Crippen molar-refractivity contribution in [1.29, 1.82) is 0 Å². The largest absolute Gasteiger partial charge is 0.462 e. The van der Waals surface area contributed by atoms with Crippen molar-refractivity contribution in [2.24, 2.45) is 34.5 Å². The summed E-state index contributed by atoms with van der Waals surface area (Å²) < 4.78 is 31.0. The first-order valence-corrected chi connectivity index (χ1v) is 16.9. The zero-order valence-corrected chi connectivity index (χ0v) is 28.1. The molecule has 1 spiro atoms. The molecule has 5 aliphatic carbocycles. The Morgan fingerprint density at radius 3 is 2.45 bits per heavy atom. The van der Waals surface area contributed by atoms with Gasteiger partial charge in [-0.3, -0.25) is 14.5 Å². The summed E-state index contributed by atoms with van der Waals surface area (Å²) in [6.45, 7) is 5.97. The molecule has 7 bridgehead atoms. The lowest BCUT2D eigenvalue weighted by molar-refractivity contribution is -0.319. The van der Waals surface area contributed by atoms with Crippen LogP contribution in [0.15, 0.2) is 24.3 Å². The fourth-order valence-electron chi connectivity index (χ4n) is 12.3. The number of carbonyl (C=O) groups is 3. The highest BCUT2D eigenvalue weighted by Crippen LogP contribution is 2.80. The SMILES string of the molecule is CCN1C[C@]2(COC(=O)c3ccccc3NC(C)=O)CC[C@@H](OC)[C@]34C1[C@](O)([C@@H](OC)[C@H]23)[C@@]1(O)C[C@H](OC)[C@H]2C[C@@H]4[C@@H]1[C@H]2OC(C)=O. The molecule has 1 amide bonds. The number of nitrogens with one attached hydrogen (secondary N) is 1. The Labute approximate surface area is 275 Å². The molecule has 1 aliphatic heterocycles. The van der Waals surface area contributed by atoms with Crippen LogP contribution in [0.4, 0.5) is 5.69 Å². The van der Waals surface area contributed by atoms with Crippen molar-refractivity contribution >= 4 is 23.5 Å².